The number of hydrogen-bond acceptors (Lipinski definition) is 5. The highest BCUT2D eigenvalue weighted by atomic mass is 16.5. The van der Waals surface area contributed by atoms with Crippen LogP contribution in [0.3, 0.4) is 0 Å². The molecular formula is C22H21N3O4. The maximum Gasteiger partial charge on any atom is 0.326 e. The van der Waals surface area contributed by atoms with Crippen LogP contribution in [0.1, 0.15) is 19.4 Å². The van der Waals surface area contributed by atoms with Gasteiger partial charge >= 0.3 is 5.97 Å². The number of esters is 1. The third-order valence-electron chi connectivity index (χ3n) is 5.13. The number of carbonyl (C=O) groups excluding carboxylic acids is 2. The van der Waals surface area contributed by atoms with E-state index >= 15 is 0 Å². The van der Waals surface area contributed by atoms with Crippen molar-refractivity contribution in [3.8, 4) is 0 Å². The lowest BCUT2D eigenvalue weighted by Gasteiger charge is -2.26. The Morgan fingerprint density at radius 3 is 2.72 bits per heavy atom. The van der Waals surface area contributed by atoms with Gasteiger partial charge in [0.15, 0.2) is 6.10 Å². The number of para-hydroxylation sites is 2. The van der Waals surface area contributed by atoms with E-state index in [2.05, 4.69) is 4.98 Å². The summed E-state index contributed by atoms with van der Waals surface area (Å²) in [6.45, 7) is 3.21. The summed E-state index contributed by atoms with van der Waals surface area (Å²) >= 11 is 0. The van der Waals surface area contributed by atoms with Crippen molar-refractivity contribution < 1.29 is 14.3 Å². The van der Waals surface area contributed by atoms with E-state index < -0.39 is 12.1 Å². The molecule has 0 fully saturated rings. The number of rotatable bonds is 4. The van der Waals surface area contributed by atoms with Gasteiger partial charge in [-0.3, -0.25) is 19.0 Å². The van der Waals surface area contributed by atoms with Crippen LogP contribution in [0.25, 0.3) is 10.9 Å². The molecule has 2 atom stereocenters. The molecule has 1 aliphatic rings. The summed E-state index contributed by atoms with van der Waals surface area (Å²) in [5, 5.41) is 0.425. The molecule has 0 spiro atoms. The normalized spacial score (nSPS) is 16.5. The quantitative estimate of drug-likeness (QED) is 0.638. The van der Waals surface area contributed by atoms with Crippen molar-refractivity contribution in [1.82, 2.24) is 9.55 Å². The van der Waals surface area contributed by atoms with Crippen LogP contribution in [0, 0.1) is 0 Å². The molecule has 0 bridgehead atoms. The van der Waals surface area contributed by atoms with Gasteiger partial charge in [0.2, 0.25) is 0 Å². The van der Waals surface area contributed by atoms with Crippen LogP contribution in [-0.4, -0.2) is 33.6 Å². The Labute approximate surface area is 167 Å². The van der Waals surface area contributed by atoms with Gasteiger partial charge in [-0.2, -0.15) is 0 Å². The smallest absolute Gasteiger partial charge is 0.326 e. The molecule has 0 saturated carbocycles. The number of carbonyl (C=O) groups is 2. The molecule has 0 unspecified atom stereocenters. The minimum atomic E-state index is -0.958. The van der Waals surface area contributed by atoms with Crippen LogP contribution >= 0.6 is 0 Å². The van der Waals surface area contributed by atoms with E-state index in [9.17, 15) is 14.4 Å². The summed E-state index contributed by atoms with van der Waals surface area (Å²) in [7, 11) is 0. The van der Waals surface area contributed by atoms with Gasteiger partial charge in [0, 0.05) is 11.7 Å². The molecule has 3 aromatic rings. The third kappa shape index (κ3) is 3.51. The maximum atomic E-state index is 12.9. The number of hydrogen-bond donors (Lipinski definition) is 0. The van der Waals surface area contributed by atoms with Crippen molar-refractivity contribution >= 4 is 28.5 Å². The fourth-order valence-corrected chi connectivity index (χ4v) is 3.74. The van der Waals surface area contributed by atoms with Gasteiger partial charge in [0.1, 0.15) is 6.54 Å². The molecule has 148 valence electrons. The first-order chi connectivity index (χ1) is 14.0. The molecular weight excluding hydrogens is 370 g/mol. The lowest BCUT2D eigenvalue weighted by atomic mass is 10.1. The molecule has 0 N–H and O–H groups in total. The standard InChI is InChI=1S/C22H21N3O4/c1-14-11-16-7-3-6-10-19(16)25(14)21(27)15(2)29-20(26)12-24-13-23-18-9-5-4-8-17(18)22(24)28/h3-10,13-15H,11-12H2,1-2H3/t14-,15-/m1/s1. The molecule has 2 aromatic carbocycles. The first-order valence-electron chi connectivity index (χ1n) is 9.50. The first-order valence-corrected chi connectivity index (χ1v) is 9.50. The molecule has 1 aromatic heterocycles. The summed E-state index contributed by atoms with van der Waals surface area (Å²) < 4.78 is 6.53. The zero-order valence-electron chi connectivity index (χ0n) is 16.2. The number of ether oxygens (including phenoxy) is 1. The van der Waals surface area contributed by atoms with Gasteiger partial charge in [-0.05, 0) is 44.0 Å². The highest BCUT2D eigenvalue weighted by molar-refractivity contribution is 5.99. The molecule has 7 nitrogen and oxygen atoms in total. The lowest BCUT2D eigenvalue weighted by Crippen LogP contribution is -2.43. The molecule has 1 amide bonds. The lowest BCUT2D eigenvalue weighted by molar-refractivity contribution is -0.154. The minimum Gasteiger partial charge on any atom is -0.451 e. The fraction of sp³-hybridized carbons (Fsp3) is 0.273. The monoisotopic (exact) mass is 391 g/mol. The molecule has 4 rings (SSSR count). The molecule has 7 heteroatoms. The number of fused-ring (bicyclic) bond motifs is 2. The van der Waals surface area contributed by atoms with Crippen molar-refractivity contribution in [3.05, 3.63) is 70.8 Å². The largest absolute Gasteiger partial charge is 0.451 e. The molecule has 2 heterocycles. The zero-order valence-corrected chi connectivity index (χ0v) is 16.2. The number of amides is 1. The Bertz CT molecular complexity index is 1150. The number of benzene rings is 2. The van der Waals surface area contributed by atoms with Gasteiger partial charge in [-0.15, -0.1) is 0 Å². The predicted octanol–water partition coefficient (Wildman–Crippen LogP) is 2.31. The second-order valence-corrected chi connectivity index (χ2v) is 7.22. The maximum absolute atomic E-state index is 12.9. The second kappa shape index (κ2) is 7.50. The Kier molecular flexibility index (Phi) is 4.88. The summed E-state index contributed by atoms with van der Waals surface area (Å²) in [6, 6.07) is 14.6. The summed E-state index contributed by atoms with van der Waals surface area (Å²) in [5.74, 6) is -0.940. The SMILES string of the molecule is C[C@@H]1Cc2ccccc2N1C(=O)[C@@H](C)OC(=O)Cn1cnc2ccccc2c1=O. The van der Waals surface area contributed by atoms with Gasteiger partial charge in [0.25, 0.3) is 11.5 Å². The van der Waals surface area contributed by atoms with E-state index in [1.165, 1.54) is 10.9 Å². The summed E-state index contributed by atoms with van der Waals surface area (Å²) in [5.41, 5.74) is 2.18. The summed E-state index contributed by atoms with van der Waals surface area (Å²) in [6.07, 6.45) is 1.12. The van der Waals surface area contributed by atoms with E-state index in [1.807, 2.05) is 31.2 Å². The van der Waals surface area contributed by atoms with Crippen molar-refractivity contribution in [3.63, 3.8) is 0 Å². The van der Waals surface area contributed by atoms with Gasteiger partial charge in [-0.1, -0.05) is 30.3 Å². The number of anilines is 1. The average molecular weight is 391 g/mol. The fourth-order valence-electron chi connectivity index (χ4n) is 3.74. The Hall–Kier alpha value is -3.48. The number of nitrogens with zero attached hydrogens (tertiary/aromatic N) is 3. The van der Waals surface area contributed by atoms with Crippen molar-refractivity contribution in [2.75, 3.05) is 4.90 Å². The van der Waals surface area contributed by atoms with Gasteiger partial charge in [0.05, 0.1) is 17.2 Å². The highest BCUT2D eigenvalue weighted by Crippen LogP contribution is 2.32. The van der Waals surface area contributed by atoms with Crippen LogP contribution in [0.4, 0.5) is 5.69 Å². The van der Waals surface area contributed by atoms with Crippen molar-refractivity contribution in [2.45, 2.75) is 39.0 Å². The van der Waals surface area contributed by atoms with Gasteiger partial charge < -0.3 is 9.64 Å². The van der Waals surface area contributed by atoms with E-state index in [-0.39, 0.29) is 24.1 Å². The molecule has 1 aliphatic heterocycles. The van der Waals surface area contributed by atoms with E-state index in [0.717, 1.165) is 17.7 Å². The van der Waals surface area contributed by atoms with Crippen molar-refractivity contribution in [1.29, 1.82) is 0 Å². The van der Waals surface area contributed by atoms with E-state index in [1.54, 1.807) is 36.1 Å². The molecule has 29 heavy (non-hydrogen) atoms. The van der Waals surface area contributed by atoms with E-state index in [0.29, 0.717) is 10.9 Å². The first kappa shape index (κ1) is 18.9. The molecule has 0 saturated heterocycles. The molecule has 0 aliphatic carbocycles. The Morgan fingerprint density at radius 2 is 1.90 bits per heavy atom. The third-order valence-corrected chi connectivity index (χ3v) is 5.13. The van der Waals surface area contributed by atoms with Crippen molar-refractivity contribution in [2.24, 2.45) is 0 Å². The van der Waals surface area contributed by atoms with Gasteiger partial charge in [-0.25, -0.2) is 4.98 Å². The Balaban J connectivity index is 1.47. The average Bonchev–Trinajstić information content (AvgIpc) is 3.05. The highest BCUT2D eigenvalue weighted by Gasteiger charge is 2.34. The summed E-state index contributed by atoms with van der Waals surface area (Å²) in [4.78, 5) is 43.7. The topological polar surface area (TPSA) is 81.5 Å². The zero-order chi connectivity index (χ0) is 20.5. The van der Waals surface area contributed by atoms with Crippen LogP contribution in [-0.2, 0) is 27.3 Å². The number of aromatic nitrogens is 2. The predicted molar refractivity (Wildman–Crippen MR) is 109 cm³/mol. The van der Waals surface area contributed by atoms with Crippen LogP contribution < -0.4 is 10.5 Å². The second-order valence-electron chi connectivity index (χ2n) is 7.22. The van der Waals surface area contributed by atoms with Crippen LogP contribution in [0.2, 0.25) is 0 Å². The van der Waals surface area contributed by atoms with Crippen LogP contribution in [0.15, 0.2) is 59.7 Å². The van der Waals surface area contributed by atoms with E-state index in [4.69, 9.17) is 4.74 Å². The Morgan fingerprint density at radius 1 is 1.17 bits per heavy atom. The minimum absolute atomic E-state index is 0.00615. The molecule has 0 radical (unpaired) electrons. The van der Waals surface area contributed by atoms with Crippen LogP contribution in [0.5, 0.6) is 0 Å².